The number of aliphatic carboxylic acids is 1. The fourth-order valence-corrected chi connectivity index (χ4v) is 3.19. The van der Waals surface area contributed by atoms with Gasteiger partial charge in [-0.05, 0) is 31.5 Å². The number of carbonyl (C=O) groups excluding carboxylic acids is 2. The molecule has 12 nitrogen and oxygen atoms in total. The second kappa shape index (κ2) is 10.0. The van der Waals surface area contributed by atoms with Gasteiger partial charge in [0.15, 0.2) is 17.0 Å². The Hall–Kier alpha value is -4.42. The largest absolute Gasteiger partial charge is 0.480 e. The van der Waals surface area contributed by atoms with Crippen LogP contribution in [0.15, 0.2) is 24.4 Å². The topological polar surface area (TPSA) is 190 Å². The van der Waals surface area contributed by atoms with Gasteiger partial charge in [0, 0.05) is 19.0 Å². The minimum atomic E-state index is -1.28. The lowest BCUT2D eigenvalue weighted by molar-refractivity contribution is -0.139. The Kier molecular flexibility index (Phi) is 7.14. The molecule has 0 fully saturated rings. The number of carbonyl (C=O) groups is 3. The number of benzene rings is 1. The first-order chi connectivity index (χ1) is 16.0. The lowest BCUT2D eigenvalue weighted by Crippen LogP contribution is -2.41. The average Bonchev–Trinajstić information content (AvgIpc) is 2.76. The van der Waals surface area contributed by atoms with Crippen LogP contribution in [-0.2, 0) is 16.1 Å². The summed E-state index contributed by atoms with van der Waals surface area (Å²) in [6.07, 6.45) is 1.39. The quantitative estimate of drug-likeness (QED) is 0.347. The van der Waals surface area contributed by atoms with Crippen molar-refractivity contribution < 1.29 is 23.9 Å². The highest BCUT2D eigenvalue weighted by Gasteiger charge is 2.22. The first kappa shape index (κ1) is 24.2. The molecule has 0 spiro atoms. The van der Waals surface area contributed by atoms with Crippen molar-refractivity contribution >= 4 is 46.3 Å². The second-order valence-electron chi connectivity index (χ2n) is 7.63. The molecule has 6 N–H and O–H groups in total. The molecular formula is C21H23FN8O4. The summed E-state index contributed by atoms with van der Waals surface area (Å²) >= 11 is 0. The molecule has 1 atom stereocenters. The van der Waals surface area contributed by atoms with Crippen LogP contribution in [0.5, 0.6) is 0 Å². The summed E-state index contributed by atoms with van der Waals surface area (Å²) in [5, 5.41) is 11.6. The van der Waals surface area contributed by atoms with Crippen molar-refractivity contribution in [2.24, 2.45) is 0 Å². The first-order valence-corrected chi connectivity index (χ1v) is 10.1. The van der Waals surface area contributed by atoms with E-state index in [0.29, 0.717) is 5.69 Å². The lowest BCUT2D eigenvalue weighted by Gasteiger charge is -2.20. The summed E-state index contributed by atoms with van der Waals surface area (Å²) in [5.41, 5.74) is 12.5. The smallest absolute Gasteiger partial charge is 0.326 e. The van der Waals surface area contributed by atoms with Crippen LogP contribution in [0.3, 0.4) is 0 Å². The number of nitrogens with zero attached hydrogens (tertiary/aromatic N) is 5. The van der Waals surface area contributed by atoms with Crippen LogP contribution in [0.1, 0.15) is 35.8 Å². The highest BCUT2D eigenvalue weighted by atomic mass is 19.1. The number of rotatable bonds is 9. The monoisotopic (exact) mass is 470 g/mol. The third-order valence-corrected chi connectivity index (χ3v) is 4.91. The summed E-state index contributed by atoms with van der Waals surface area (Å²) in [5.74, 6) is -2.90. The number of amides is 1. The lowest BCUT2D eigenvalue weighted by atomic mass is 10.1. The molecular weight excluding hydrogens is 447 g/mol. The van der Waals surface area contributed by atoms with E-state index >= 15 is 0 Å². The maximum absolute atomic E-state index is 14.8. The molecule has 0 unspecified atom stereocenters. The molecule has 0 bridgehead atoms. The van der Waals surface area contributed by atoms with E-state index < -0.39 is 23.7 Å². The number of hydrogen-bond donors (Lipinski definition) is 4. The molecule has 1 aromatic carbocycles. The number of nitrogens with two attached hydrogens (primary N) is 2. The van der Waals surface area contributed by atoms with Crippen LogP contribution >= 0.6 is 0 Å². The molecule has 0 saturated heterocycles. The zero-order chi connectivity index (χ0) is 25.0. The van der Waals surface area contributed by atoms with Crippen molar-refractivity contribution in [2.75, 3.05) is 23.4 Å². The summed E-state index contributed by atoms with van der Waals surface area (Å²) in [6.45, 7) is 1.48. The van der Waals surface area contributed by atoms with Crippen LogP contribution in [0.2, 0.25) is 0 Å². The van der Waals surface area contributed by atoms with Crippen LogP contribution in [-0.4, -0.2) is 55.8 Å². The number of aromatic nitrogens is 4. The minimum Gasteiger partial charge on any atom is -0.480 e. The van der Waals surface area contributed by atoms with E-state index in [0.717, 1.165) is 6.07 Å². The number of carboxylic acids is 1. The number of carboxylic acid groups (broad SMARTS) is 1. The summed E-state index contributed by atoms with van der Waals surface area (Å²) in [4.78, 5) is 52.7. The molecule has 0 radical (unpaired) electrons. The van der Waals surface area contributed by atoms with E-state index in [4.69, 9.17) is 11.5 Å². The second-order valence-corrected chi connectivity index (χ2v) is 7.63. The van der Waals surface area contributed by atoms with E-state index in [2.05, 4.69) is 25.3 Å². The number of nitrogens with one attached hydrogen (secondary N) is 1. The first-order valence-electron chi connectivity index (χ1n) is 10.1. The maximum Gasteiger partial charge on any atom is 0.326 e. The predicted molar refractivity (Wildman–Crippen MR) is 121 cm³/mol. The van der Waals surface area contributed by atoms with E-state index in [9.17, 15) is 23.9 Å². The van der Waals surface area contributed by atoms with Gasteiger partial charge in [-0.2, -0.15) is 9.97 Å². The van der Waals surface area contributed by atoms with Gasteiger partial charge in [-0.15, -0.1) is 0 Å². The molecule has 2 aromatic heterocycles. The molecule has 0 saturated carbocycles. The molecule has 0 aliphatic heterocycles. The van der Waals surface area contributed by atoms with Crippen molar-refractivity contribution in [1.29, 1.82) is 0 Å². The standard InChI is InChI=1S/C21H23FN8O4/c1-10(31)3-5-14(20(33)34)27-19(32)11-4-6-15(13(22)7-11)30(2)9-12-8-25-18-16(26-12)17(23)28-21(24)29-18/h4,6-8,14H,3,5,9H2,1-2H3,(H,27,32)(H,33,34)(H4,23,24,25,28,29)/t14-/m0/s1. The molecule has 3 aromatic rings. The summed E-state index contributed by atoms with van der Waals surface area (Å²) in [7, 11) is 1.62. The fourth-order valence-electron chi connectivity index (χ4n) is 3.19. The highest BCUT2D eigenvalue weighted by molar-refractivity contribution is 5.97. The number of anilines is 3. The molecule has 3 rings (SSSR count). The van der Waals surface area contributed by atoms with Crippen LogP contribution in [0, 0.1) is 5.82 Å². The van der Waals surface area contributed by atoms with Gasteiger partial charge in [-0.3, -0.25) is 4.79 Å². The molecule has 1 amide bonds. The number of fused-ring (bicyclic) bond motifs is 1. The SMILES string of the molecule is CC(=O)CC[C@H](NC(=O)c1ccc(N(C)Cc2cnc3nc(N)nc(N)c3n2)c(F)c1)C(=O)O. The van der Waals surface area contributed by atoms with Gasteiger partial charge in [-0.1, -0.05) is 0 Å². The van der Waals surface area contributed by atoms with Crippen molar-refractivity contribution in [1.82, 2.24) is 25.3 Å². The maximum atomic E-state index is 14.8. The average molecular weight is 470 g/mol. The fraction of sp³-hybridized carbons (Fsp3) is 0.286. The van der Waals surface area contributed by atoms with Gasteiger partial charge in [0.2, 0.25) is 5.95 Å². The van der Waals surface area contributed by atoms with Crippen LogP contribution < -0.4 is 21.7 Å². The Morgan fingerprint density at radius 3 is 2.59 bits per heavy atom. The number of halogens is 1. The van der Waals surface area contributed by atoms with Gasteiger partial charge in [0.05, 0.1) is 24.1 Å². The minimum absolute atomic E-state index is 0.00182. The Bertz CT molecular complexity index is 1270. The van der Waals surface area contributed by atoms with Gasteiger partial charge in [0.1, 0.15) is 17.6 Å². The third kappa shape index (κ3) is 5.68. The molecule has 13 heteroatoms. The Balaban J connectivity index is 1.74. The van der Waals surface area contributed by atoms with Crippen molar-refractivity contribution in [3.05, 3.63) is 41.5 Å². The molecule has 2 heterocycles. The van der Waals surface area contributed by atoms with Crippen molar-refractivity contribution in [2.45, 2.75) is 32.4 Å². The number of nitrogen functional groups attached to an aromatic ring is 2. The molecule has 0 aliphatic carbocycles. The third-order valence-electron chi connectivity index (χ3n) is 4.91. The Labute approximate surface area is 193 Å². The molecule has 178 valence electrons. The van der Waals surface area contributed by atoms with Crippen molar-refractivity contribution in [3.63, 3.8) is 0 Å². The summed E-state index contributed by atoms with van der Waals surface area (Å²) < 4.78 is 14.8. The number of hydrogen-bond acceptors (Lipinski definition) is 10. The number of ketones is 1. The highest BCUT2D eigenvalue weighted by Crippen LogP contribution is 2.22. The van der Waals surface area contributed by atoms with Gasteiger partial charge < -0.3 is 31.6 Å². The van der Waals surface area contributed by atoms with Crippen LogP contribution in [0.4, 0.5) is 21.8 Å². The van der Waals surface area contributed by atoms with E-state index in [1.54, 1.807) is 11.9 Å². The molecule has 0 aliphatic rings. The van der Waals surface area contributed by atoms with E-state index in [1.807, 2.05) is 0 Å². The predicted octanol–water partition coefficient (Wildman–Crippen LogP) is 0.912. The zero-order valence-electron chi connectivity index (χ0n) is 18.4. The van der Waals surface area contributed by atoms with Gasteiger partial charge >= 0.3 is 5.97 Å². The van der Waals surface area contributed by atoms with Crippen LogP contribution in [0.25, 0.3) is 11.2 Å². The Morgan fingerprint density at radius 2 is 1.94 bits per heavy atom. The molecule has 34 heavy (non-hydrogen) atoms. The summed E-state index contributed by atoms with van der Waals surface area (Å²) in [6, 6.07) is 2.50. The van der Waals surface area contributed by atoms with E-state index in [-0.39, 0.29) is 59.4 Å². The zero-order valence-corrected chi connectivity index (χ0v) is 18.4. The normalized spacial score (nSPS) is 11.7. The van der Waals surface area contributed by atoms with Gasteiger partial charge in [0.25, 0.3) is 5.91 Å². The van der Waals surface area contributed by atoms with Crippen molar-refractivity contribution in [3.8, 4) is 0 Å². The Morgan fingerprint density at radius 1 is 1.21 bits per heavy atom. The van der Waals surface area contributed by atoms with E-state index in [1.165, 1.54) is 25.3 Å². The van der Waals surface area contributed by atoms with Gasteiger partial charge in [-0.25, -0.2) is 19.2 Å². The number of Topliss-reactive ketones (excluding diaryl/α,β-unsaturated/α-hetero) is 1.